The third-order valence-corrected chi connectivity index (χ3v) is 3.91. The second-order valence-corrected chi connectivity index (χ2v) is 5.97. The smallest absolute Gasteiger partial charge is 0.347 e. The first-order valence-corrected chi connectivity index (χ1v) is 8.39. The molecule has 0 saturated heterocycles. The molecule has 142 valence electrons. The normalized spacial score (nSPS) is 13.2. The first-order chi connectivity index (χ1) is 13.5. The van der Waals surface area contributed by atoms with Crippen LogP contribution in [0.1, 0.15) is 22.8 Å². The highest BCUT2D eigenvalue weighted by molar-refractivity contribution is 6.01. The lowest BCUT2D eigenvalue weighted by Gasteiger charge is -2.18. The molecule has 1 atom stereocenters. The fourth-order valence-electron chi connectivity index (χ4n) is 2.45. The van der Waals surface area contributed by atoms with E-state index >= 15 is 0 Å². The first-order valence-electron chi connectivity index (χ1n) is 8.39. The van der Waals surface area contributed by atoms with Gasteiger partial charge in [0.05, 0.1) is 17.3 Å². The summed E-state index contributed by atoms with van der Waals surface area (Å²) in [5, 5.41) is 11.4. The van der Waals surface area contributed by atoms with E-state index in [1.807, 2.05) is 6.07 Å². The molecule has 0 aromatic heterocycles. The average Bonchev–Trinajstić information content (AvgIpc) is 2.71. The second-order valence-electron chi connectivity index (χ2n) is 5.97. The monoisotopic (exact) mass is 380 g/mol. The predicted octanol–water partition coefficient (Wildman–Crippen LogP) is 2.08. The van der Waals surface area contributed by atoms with Gasteiger partial charge in [0.2, 0.25) is 0 Å². The van der Waals surface area contributed by atoms with Crippen molar-refractivity contribution in [2.24, 2.45) is 0 Å². The summed E-state index contributed by atoms with van der Waals surface area (Å²) < 4.78 is 15.7. The molecule has 8 heteroatoms. The van der Waals surface area contributed by atoms with Gasteiger partial charge in [0.1, 0.15) is 11.5 Å². The van der Waals surface area contributed by atoms with Crippen molar-refractivity contribution < 1.29 is 28.6 Å². The van der Waals surface area contributed by atoms with E-state index in [4.69, 9.17) is 19.5 Å². The van der Waals surface area contributed by atoms with Gasteiger partial charge in [-0.3, -0.25) is 9.59 Å². The van der Waals surface area contributed by atoms with E-state index < -0.39 is 24.5 Å². The van der Waals surface area contributed by atoms with Crippen molar-refractivity contribution in [2.75, 3.05) is 18.5 Å². The fourth-order valence-corrected chi connectivity index (χ4v) is 2.45. The molecule has 0 aliphatic carbocycles. The number of nitrogens with one attached hydrogen (secondary N) is 1. The number of ketones is 1. The highest BCUT2D eigenvalue weighted by atomic mass is 16.6. The van der Waals surface area contributed by atoms with E-state index in [0.717, 1.165) is 0 Å². The van der Waals surface area contributed by atoms with Gasteiger partial charge < -0.3 is 19.5 Å². The number of hydrogen-bond donors (Lipinski definition) is 1. The quantitative estimate of drug-likeness (QED) is 0.603. The average molecular weight is 380 g/mol. The number of Topliss-reactive ketones (excluding diaryl/α,β-unsaturated/α-hetero) is 1. The molecular weight excluding hydrogens is 364 g/mol. The van der Waals surface area contributed by atoms with Crippen LogP contribution in [0.15, 0.2) is 42.5 Å². The van der Waals surface area contributed by atoms with E-state index in [-0.39, 0.29) is 18.1 Å². The van der Waals surface area contributed by atoms with Gasteiger partial charge in [0, 0.05) is 5.56 Å². The Morgan fingerprint density at radius 3 is 2.71 bits per heavy atom. The number of nitrogens with zero attached hydrogens (tertiary/aromatic N) is 1. The Hall–Kier alpha value is -3.86. The molecular formula is C20H16N2O6. The van der Waals surface area contributed by atoms with Crippen LogP contribution in [0.4, 0.5) is 5.69 Å². The molecule has 1 aliphatic heterocycles. The Balaban J connectivity index is 1.55. The minimum Gasteiger partial charge on any atom is -0.482 e. The molecule has 1 amide bonds. The molecule has 1 heterocycles. The van der Waals surface area contributed by atoms with Gasteiger partial charge in [-0.2, -0.15) is 5.26 Å². The number of rotatable bonds is 6. The first kappa shape index (κ1) is 18.9. The number of fused-ring (bicyclic) bond motifs is 1. The molecule has 0 unspecified atom stereocenters. The van der Waals surface area contributed by atoms with Crippen molar-refractivity contribution in [1.29, 1.82) is 5.26 Å². The second kappa shape index (κ2) is 8.22. The number of carbonyl (C=O) groups is 3. The van der Waals surface area contributed by atoms with Gasteiger partial charge in [-0.05, 0) is 49.4 Å². The highest BCUT2D eigenvalue weighted by Gasteiger charge is 2.21. The summed E-state index contributed by atoms with van der Waals surface area (Å²) in [5.74, 6) is -0.566. The lowest BCUT2D eigenvalue weighted by Crippen LogP contribution is -2.28. The Morgan fingerprint density at radius 2 is 2.00 bits per heavy atom. The van der Waals surface area contributed by atoms with E-state index in [2.05, 4.69) is 5.32 Å². The van der Waals surface area contributed by atoms with Crippen LogP contribution in [0.25, 0.3) is 0 Å². The topological polar surface area (TPSA) is 115 Å². The van der Waals surface area contributed by atoms with Crippen molar-refractivity contribution in [3.63, 3.8) is 0 Å². The third-order valence-electron chi connectivity index (χ3n) is 3.91. The van der Waals surface area contributed by atoms with Gasteiger partial charge in [-0.15, -0.1) is 0 Å². The highest BCUT2D eigenvalue weighted by Crippen LogP contribution is 2.28. The van der Waals surface area contributed by atoms with Crippen LogP contribution >= 0.6 is 0 Å². The van der Waals surface area contributed by atoms with Crippen molar-refractivity contribution in [3.05, 3.63) is 53.6 Å². The lowest BCUT2D eigenvalue weighted by molar-refractivity contribution is -0.149. The maximum Gasteiger partial charge on any atom is 0.347 e. The molecule has 2 aromatic rings. The molecule has 0 radical (unpaired) electrons. The molecule has 1 N–H and O–H groups in total. The zero-order valence-corrected chi connectivity index (χ0v) is 14.9. The maximum atomic E-state index is 12.3. The van der Waals surface area contributed by atoms with Crippen LogP contribution < -0.4 is 14.8 Å². The molecule has 28 heavy (non-hydrogen) atoms. The molecule has 3 rings (SSSR count). The largest absolute Gasteiger partial charge is 0.482 e. The minimum absolute atomic E-state index is 0.0744. The summed E-state index contributed by atoms with van der Waals surface area (Å²) in [7, 11) is 0. The summed E-state index contributed by atoms with van der Waals surface area (Å²) in [6.45, 7) is 0.958. The standard InChI is InChI=1S/C20H16N2O6/c1-12(28-15-5-2-13(9-21)3-6-15)20(25)27-10-17(23)14-4-7-18-16(8-14)22-19(24)11-26-18/h2-8,12H,10-11H2,1H3,(H,22,24)/t12-/m1/s1. The summed E-state index contributed by atoms with van der Waals surface area (Å²) in [6.07, 6.45) is -0.933. The van der Waals surface area contributed by atoms with Gasteiger partial charge in [0.15, 0.2) is 25.1 Å². The van der Waals surface area contributed by atoms with Crippen molar-refractivity contribution in [1.82, 2.24) is 0 Å². The number of amides is 1. The van der Waals surface area contributed by atoms with Crippen LogP contribution in [0.5, 0.6) is 11.5 Å². The van der Waals surface area contributed by atoms with Crippen LogP contribution in [-0.4, -0.2) is 37.0 Å². The fraction of sp³-hybridized carbons (Fsp3) is 0.200. The van der Waals surface area contributed by atoms with Crippen LogP contribution in [0, 0.1) is 11.3 Å². The molecule has 0 bridgehead atoms. The van der Waals surface area contributed by atoms with Gasteiger partial charge in [0.25, 0.3) is 5.91 Å². The SMILES string of the molecule is C[C@@H](Oc1ccc(C#N)cc1)C(=O)OCC(=O)c1ccc2c(c1)NC(=O)CO2. The van der Waals surface area contributed by atoms with Crippen molar-refractivity contribution in [3.8, 4) is 17.6 Å². The number of anilines is 1. The van der Waals surface area contributed by atoms with E-state index in [9.17, 15) is 14.4 Å². The van der Waals surface area contributed by atoms with Crippen LogP contribution in [0.3, 0.4) is 0 Å². The van der Waals surface area contributed by atoms with Crippen LogP contribution in [-0.2, 0) is 14.3 Å². The summed E-state index contributed by atoms with van der Waals surface area (Å²) in [5.41, 5.74) is 1.14. The van der Waals surface area contributed by atoms with E-state index in [0.29, 0.717) is 22.7 Å². The Morgan fingerprint density at radius 1 is 1.25 bits per heavy atom. The van der Waals surface area contributed by atoms with Crippen molar-refractivity contribution >= 4 is 23.3 Å². The van der Waals surface area contributed by atoms with Crippen molar-refractivity contribution in [2.45, 2.75) is 13.0 Å². The lowest BCUT2D eigenvalue weighted by atomic mass is 10.1. The Kier molecular flexibility index (Phi) is 5.56. The molecule has 2 aromatic carbocycles. The number of esters is 1. The predicted molar refractivity (Wildman–Crippen MR) is 97.1 cm³/mol. The number of carbonyl (C=O) groups excluding carboxylic acids is 3. The molecule has 8 nitrogen and oxygen atoms in total. The Bertz CT molecular complexity index is 962. The van der Waals surface area contributed by atoms with E-state index in [1.165, 1.54) is 19.1 Å². The molecule has 1 aliphatic rings. The molecule has 0 saturated carbocycles. The van der Waals surface area contributed by atoms with Gasteiger partial charge >= 0.3 is 5.97 Å². The molecule has 0 fully saturated rings. The van der Waals surface area contributed by atoms with Crippen LogP contribution in [0.2, 0.25) is 0 Å². The number of hydrogen-bond acceptors (Lipinski definition) is 7. The van der Waals surface area contributed by atoms with E-state index in [1.54, 1.807) is 30.3 Å². The molecule has 0 spiro atoms. The number of nitriles is 1. The van der Waals surface area contributed by atoms with Gasteiger partial charge in [-0.25, -0.2) is 4.79 Å². The third kappa shape index (κ3) is 4.45. The number of benzene rings is 2. The maximum absolute atomic E-state index is 12.3. The zero-order valence-electron chi connectivity index (χ0n) is 14.9. The zero-order chi connectivity index (χ0) is 20.1. The minimum atomic E-state index is -0.933. The summed E-state index contributed by atoms with van der Waals surface area (Å²) >= 11 is 0. The summed E-state index contributed by atoms with van der Waals surface area (Å²) in [4.78, 5) is 35.7. The van der Waals surface area contributed by atoms with Gasteiger partial charge in [-0.1, -0.05) is 0 Å². The number of ether oxygens (including phenoxy) is 3. The summed E-state index contributed by atoms with van der Waals surface area (Å²) in [6, 6.07) is 12.8. The Labute approximate surface area is 160 Å².